The number of para-hydroxylation sites is 1. The number of nitrogens with zero attached hydrogens (tertiary/aromatic N) is 1. The van der Waals surface area contributed by atoms with Crippen LogP contribution in [0.5, 0.6) is 0 Å². The van der Waals surface area contributed by atoms with Crippen LogP contribution >= 0.6 is 23.2 Å². The SMILES string of the molecule is O=C(NC1CCCCC1)c1ccccc1NC(=O)C1CCCN(S(=O)(=O)Cc2c(Cl)cccc2Cl)C1. The molecule has 10 heteroatoms. The molecule has 1 aliphatic carbocycles. The van der Waals surface area contributed by atoms with E-state index in [1.807, 2.05) is 0 Å². The maximum atomic E-state index is 13.2. The summed E-state index contributed by atoms with van der Waals surface area (Å²) in [7, 11) is -3.74. The summed E-state index contributed by atoms with van der Waals surface area (Å²) in [5.41, 5.74) is 1.19. The van der Waals surface area contributed by atoms with E-state index in [9.17, 15) is 18.0 Å². The summed E-state index contributed by atoms with van der Waals surface area (Å²) < 4.78 is 27.6. The first-order valence-corrected chi connectivity index (χ1v) is 14.7. The molecule has 2 aromatic carbocycles. The number of amides is 2. The summed E-state index contributed by atoms with van der Waals surface area (Å²) >= 11 is 12.4. The molecule has 2 aliphatic rings. The van der Waals surface area contributed by atoms with E-state index in [4.69, 9.17) is 23.2 Å². The fourth-order valence-electron chi connectivity index (χ4n) is 4.89. The molecule has 1 aliphatic heterocycles. The van der Waals surface area contributed by atoms with E-state index in [1.165, 1.54) is 10.7 Å². The molecule has 1 saturated carbocycles. The van der Waals surface area contributed by atoms with E-state index in [1.54, 1.807) is 42.5 Å². The van der Waals surface area contributed by atoms with Crippen molar-refractivity contribution in [3.05, 3.63) is 63.6 Å². The van der Waals surface area contributed by atoms with Crippen LogP contribution in [-0.2, 0) is 20.6 Å². The number of carbonyl (C=O) groups is 2. The molecule has 1 atom stereocenters. The van der Waals surface area contributed by atoms with Gasteiger partial charge in [-0.15, -0.1) is 0 Å². The van der Waals surface area contributed by atoms with Gasteiger partial charge in [-0.1, -0.05) is 60.7 Å². The van der Waals surface area contributed by atoms with Crippen molar-refractivity contribution in [1.29, 1.82) is 0 Å². The zero-order valence-corrected chi connectivity index (χ0v) is 22.3. The number of halogens is 2. The van der Waals surface area contributed by atoms with E-state index >= 15 is 0 Å². The Hall–Kier alpha value is -2.13. The third kappa shape index (κ3) is 6.59. The zero-order valence-electron chi connectivity index (χ0n) is 20.0. The second-order valence-electron chi connectivity index (χ2n) is 9.50. The molecular formula is C26H31Cl2N3O4S. The van der Waals surface area contributed by atoms with Crippen molar-refractivity contribution in [2.75, 3.05) is 18.4 Å². The highest BCUT2D eigenvalue weighted by Crippen LogP contribution is 2.29. The Bertz CT molecular complexity index is 1200. The molecule has 2 aromatic rings. The third-order valence-corrected chi connectivity index (χ3v) is 9.39. The van der Waals surface area contributed by atoms with Gasteiger partial charge in [0.25, 0.3) is 5.91 Å². The lowest BCUT2D eigenvalue weighted by molar-refractivity contribution is -0.120. The van der Waals surface area contributed by atoms with E-state index in [0.717, 1.165) is 25.7 Å². The number of anilines is 1. The Morgan fingerprint density at radius 1 is 0.917 bits per heavy atom. The Balaban J connectivity index is 1.42. The highest BCUT2D eigenvalue weighted by Gasteiger charge is 2.33. The van der Waals surface area contributed by atoms with E-state index in [0.29, 0.717) is 46.2 Å². The van der Waals surface area contributed by atoms with Gasteiger partial charge in [0.15, 0.2) is 0 Å². The summed E-state index contributed by atoms with van der Waals surface area (Å²) in [6.07, 6.45) is 6.44. The predicted octanol–water partition coefficient (Wildman–Crippen LogP) is 5.24. The molecule has 194 valence electrons. The average molecular weight is 553 g/mol. The number of sulfonamides is 1. The van der Waals surface area contributed by atoms with Gasteiger partial charge in [0.1, 0.15) is 0 Å². The van der Waals surface area contributed by atoms with Crippen molar-refractivity contribution < 1.29 is 18.0 Å². The molecular weight excluding hydrogens is 521 g/mol. The Labute approximate surface area is 222 Å². The summed E-state index contributed by atoms with van der Waals surface area (Å²) in [6, 6.07) is 11.9. The largest absolute Gasteiger partial charge is 0.349 e. The van der Waals surface area contributed by atoms with Crippen molar-refractivity contribution >= 4 is 50.7 Å². The quantitative estimate of drug-likeness (QED) is 0.492. The minimum atomic E-state index is -3.74. The van der Waals surface area contributed by atoms with Gasteiger partial charge < -0.3 is 10.6 Å². The molecule has 0 spiro atoms. The number of rotatable bonds is 7. The summed E-state index contributed by atoms with van der Waals surface area (Å²) in [6.45, 7) is 0.390. The van der Waals surface area contributed by atoms with Crippen LogP contribution in [0.4, 0.5) is 5.69 Å². The van der Waals surface area contributed by atoms with Gasteiger partial charge >= 0.3 is 0 Å². The normalized spacial score (nSPS) is 19.6. The minimum absolute atomic E-state index is 0.0622. The summed E-state index contributed by atoms with van der Waals surface area (Å²) in [5, 5.41) is 6.55. The molecule has 0 radical (unpaired) electrons. The van der Waals surface area contributed by atoms with Gasteiger partial charge in [-0.05, 0) is 49.9 Å². The van der Waals surface area contributed by atoms with Gasteiger partial charge in [0, 0.05) is 34.7 Å². The molecule has 36 heavy (non-hydrogen) atoms. The first-order chi connectivity index (χ1) is 17.2. The van der Waals surface area contributed by atoms with Gasteiger partial charge in [0.05, 0.1) is 22.9 Å². The highest BCUT2D eigenvalue weighted by molar-refractivity contribution is 7.88. The van der Waals surface area contributed by atoms with Crippen LogP contribution < -0.4 is 10.6 Å². The van der Waals surface area contributed by atoms with E-state index in [-0.39, 0.29) is 30.2 Å². The molecule has 1 saturated heterocycles. The number of hydrogen-bond donors (Lipinski definition) is 2. The first kappa shape index (κ1) is 26.9. The fourth-order valence-corrected chi connectivity index (χ4v) is 7.25. The number of piperidine rings is 1. The van der Waals surface area contributed by atoms with Crippen molar-refractivity contribution in [3.63, 3.8) is 0 Å². The third-order valence-electron chi connectivity index (χ3n) is 6.91. The topological polar surface area (TPSA) is 95.6 Å². The van der Waals surface area contributed by atoms with Crippen molar-refractivity contribution in [3.8, 4) is 0 Å². The lowest BCUT2D eigenvalue weighted by atomic mass is 9.95. The molecule has 1 unspecified atom stereocenters. The minimum Gasteiger partial charge on any atom is -0.349 e. The number of hydrogen-bond acceptors (Lipinski definition) is 4. The van der Waals surface area contributed by atoms with E-state index < -0.39 is 15.9 Å². The molecule has 4 rings (SSSR count). The number of benzene rings is 2. The standard InChI is InChI=1S/C26H31Cl2N3O4S/c27-22-12-6-13-23(28)21(22)17-36(34,35)31-15-7-8-18(16-31)25(32)30-24-14-5-4-11-20(24)26(33)29-19-9-2-1-3-10-19/h4-6,11-14,18-19H,1-3,7-10,15-17H2,(H,29,33)(H,30,32). The molecule has 2 fully saturated rings. The van der Waals surface area contributed by atoms with Crippen molar-refractivity contribution in [1.82, 2.24) is 9.62 Å². The predicted molar refractivity (Wildman–Crippen MR) is 143 cm³/mol. The van der Waals surface area contributed by atoms with Crippen LogP contribution in [0.15, 0.2) is 42.5 Å². The molecule has 0 aromatic heterocycles. The molecule has 7 nitrogen and oxygen atoms in total. The number of carbonyl (C=O) groups excluding carboxylic acids is 2. The molecule has 2 N–H and O–H groups in total. The van der Waals surface area contributed by atoms with E-state index in [2.05, 4.69) is 10.6 Å². The number of nitrogens with one attached hydrogen (secondary N) is 2. The molecule has 1 heterocycles. The maximum Gasteiger partial charge on any atom is 0.253 e. The first-order valence-electron chi connectivity index (χ1n) is 12.4. The van der Waals surface area contributed by atoms with Crippen LogP contribution in [0.25, 0.3) is 0 Å². The molecule has 2 amide bonds. The Kier molecular flexibility index (Phi) is 8.93. The summed E-state index contributed by atoms with van der Waals surface area (Å²) in [4.78, 5) is 26.1. The lowest BCUT2D eigenvalue weighted by Gasteiger charge is -2.31. The average Bonchev–Trinajstić information content (AvgIpc) is 2.87. The van der Waals surface area contributed by atoms with Gasteiger partial charge in [0.2, 0.25) is 15.9 Å². The molecule has 0 bridgehead atoms. The summed E-state index contributed by atoms with van der Waals surface area (Å²) in [5.74, 6) is -1.38. The zero-order chi connectivity index (χ0) is 25.7. The maximum absolute atomic E-state index is 13.2. The Morgan fingerprint density at radius 3 is 2.33 bits per heavy atom. The van der Waals surface area contributed by atoms with Crippen LogP contribution in [0.3, 0.4) is 0 Å². The van der Waals surface area contributed by atoms with Crippen LogP contribution in [0, 0.1) is 5.92 Å². The van der Waals surface area contributed by atoms with Gasteiger partial charge in [-0.3, -0.25) is 9.59 Å². The van der Waals surface area contributed by atoms with Gasteiger partial charge in [-0.25, -0.2) is 12.7 Å². The Morgan fingerprint density at radius 2 is 1.61 bits per heavy atom. The highest BCUT2D eigenvalue weighted by atomic mass is 35.5. The van der Waals surface area contributed by atoms with Crippen LogP contribution in [-0.4, -0.2) is 43.7 Å². The van der Waals surface area contributed by atoms with Crippen molar-refractivity contribution in [2.45, 2.75) is 56.7 Å². The monoisotopic (exact) mass is 551 g/mol. The van der Waals surface area contributed by atoms with Gasteiger partial charge in [-0.2, -0.15) is 0 Å². The van der Waals surface area contributed by atoms with Crippen LogP contribution in [0.1, 0.15) is 60.9 Å². The second kappa shape index (κ2) is 11.9. The smallest absolute Gasteiger partial charge is 0.253 e. The van der Waals surface area contributed by atoms with Crippen LogP contribution in [0.2, 0.25) is 10.0 Å². The fraction of sp³-hybridized carbons (Fsp3) is 0.462. The second-order valence-corrected chi connectivity index (χ2v) is 12.3. The lowest BCUT2D eigenvalue weighted by Crippen LogP contribution is -2.44. The van der Waals surface area contributed by atoms with Crippen molar-refractivity contribution in [2.24, 2.45) is 5.92 Å².